The Kier molecular flexibility index (Phi) is 5.98. The molecular formula is C13H16BrNO4. The number of carboxylic acid groups (broad SMARTS) is 1. The van der Waals surface area contributed by atoms with Crippen molar-refractivity contribution < 1.29 is 19.8 Å². The Labute approximate surface area is 119 Å². The third-order valence-corrected chi connectivity index (χ3v) is 3.23. The van der Waals surface area contributed by atoms with Crippen molar-refractivity contribution in [2.75, 3.05) is 0 Å². The number of benzene rings is 1. The van der Waals surface area contributed by atoms with Crippen LogP contribution in [0.4, 0.5) is 0 Å². The van der Waals surface area contributed by atoms with Crippen molar-refractivity contribution in [1.82, 2.24) is 5.32 Å². The number of aliphatic carboxylic acids is 1. The predicted octanol–water partition coefficient (Wildman–Crippen LogP) is 1.33. The van der Waals surface area contributed by atoms with E-state index in [2.05, 4.69) is 21.2 Å². The number of aliphatic hydroxyl groups is 1. The monoisotopic (exact) mass is 329 g/mol. The van der Waals surface area contributed by atoms with Crippen LogP contribution in [0.15, 0.2) is 28.7 Å². The van der Waals surface area contributed by atoms with E-state index in [0.717, 1.165) is 10.0 Å². The van der Waals surface area contributed by atoms with Gasteiger partial charge in [-0.2, -0.15) is 0 Å². The van der Waals surface area contributed by atoms with Crippen LogP contribution in [-0.4, -0.2) is 34.2 Å². The zero-order valence-corrected chi connectivity index (χ0v) is 12.1. The average molecular weight is 330 g/mol. The maximum Gasteiger partial charge on any atom is 0.334 e. The SMILES string of the molecule is CCC(NC(=O)Cc1ccc(Br)cc1)C(O)C(=O)O. The molecule has 5 nitrogen and oxygen atoms in total. The van der Waals surface area contributed by atoms with Gasteiger partial charge in [0.15, 0.2) is 6.10 Å². The maximum absolute atomic E-state index is 11.8. The van der Waals surface area contributed by atoms with Gasteiger partial charge in [0.05, 0.1) is 12.5 Å². The molecule has 0 aliphatic carbocycles. The van der Waals surface area contributed by atoms with Gasteiger partial charge in [0, 0.05) is 4.47 Å². The van der Waals surface area contributed by atoms with Crippen molar-refractivity contribution in [1.29, 1.82) is 0 Å². The molecule has 2 unspecified atom stereocenters. The first-order valence-electron chi connectivity index (χ1n) is 5.88. The fourth-order valence-electron chi connectivity index (χ4n) is 1.62. The number of rotatable bonds is 6. The number of hydrogen-bond donors (Lipinski definition) is 3. The van der Waals surface area contributed by atoms with Crippen LogP contribution in [0.25, 0.3) is 0 Å². The quantitative estimate of drug-likeness (QED) is 0.734. The van der Waals surface area contributed by atoms with E-state index < -0.39 is 18.1 Å². The van der Waals surface area contributed by atoms with Gasteiger partial charge in [0.25, 0.3) is 0 Å². The minimum Gasteiger partial charge on any atom is -0.479 e. The lowest BCUT2D eigenvalue weighted by Crippen LogP contribution is -2.47. The third-order valence-electron chi connectivity index (χ3n) is 2.70. The van der Waals surface area contributed by atoms with Gasteiger partial charge >= 0.3 is 5.97 Å². The van der Waals surface area contributed by atoms with Crippen molar-refractivity contribution in [3.8, 4) is 0 Å². The van der Waals surface area contributed by atoms with E-state index in [-0.39, 0.29) is 12.3 Å². The van der Waals surface area contributed by atoms with E-state index in [0.29, 0.717) is 6.42 Å². The molecule has 0 aromatic heterocycles. The fourth-order valence-corrected chi connectivity index (χ4v) is 1.89. The summed E-state index contributed by atoms with van der Waals surface area (Å²) in [6.07, 6.45) is -1.09. The summed E-state index contributed by atoms with van der Waals surface area (Å²) in [4.78, 5) is 22.4. The van der Waals surface area contributed by atoms with E-state index in [9.17, 15) is 14.7 Å². The number of aliphatic hydroxyl groups excluding tert-OH is 1. The first-order chi connectivity index (χ1) is 8.93. The van der Waals surface area contributed by atoms with Gasteiger partial charge in [-0.1, -0.05) is 35.0 Å². The lowest BCUT2D eigenvalue weighted by Gasteiger charge is -2.19. The number of halogens is 1. The lowest BCUT2D eigenvalue weighted by molar-refractivity contribution is -0.148. The van der Waals surface area contributed by atoms with E-state index in [4.69, 9.17) is 5.11 Å². The largest absolute Gasteiger partial charge is 0.479 e. The molecule has 1 aromatic carbocycles. The van der Waals surface area contributed by atoms with Crippen LogP contribution in [0, 0.1) is 0 Å². The summed E-state index contributed by atoms with van der Waals surface area (Å²) in [6, 6.07) is 6.48. The maximum atomic E-state index is 11.8. The molecule has 0 heterocycles. The Bertz CT molecular complexity index is 446. The van der Waals surface area contributed by atoms with Crippen molar-refractivity contribution in [3.05, 3.63) is 34.3 Å². The van der Waals surface area contributed by atoms with Crippen molar-refractivity contribution in [2.24, 2.45) is 0 Å². The lowest BCUT2D eigenvalue weighted by atomic mass is 10.1. The number of carboxylic acids is 1. The molecule has 0 spiro atoms. The first-order valence-corrected chi connectivity index (χ1v) is 6.68. The molecule has 19 heavy (non-hydrogen) atoms. The highest BCUT2D eigenvalue weighted by molar-refractivity contribution is 9.10. The molecule has 1 rings (SSSR count). The van der Waals surface area contributed by atoms with Crippen LogP contribution >= 0.6 is 15.9 Å². The van der Waals surface area contributed by atoms with Gasteiger partial charge in [-0.05, 0) is 24.1 Å². The van der Waals surface area contributed by atoms with Crippen LogP contribution in [0.2, 0.25) is 0 Å². The first kappa shape index (κ1) is 15.7. The van der Waals surface area contributed by atoms with Crippen LogP contribution < -0.4 is 5.32 Å². The average Bonchev–Trinajstić information content (AvgIpc) is 2.37. The molecule has 1 aromatic rings. The normalized spacial score (nSPS) is 13.6. The van der Waals surface area contributed by atoms with Gasteiger partial charge in [-0.25, -0.2) is 4.79 Å². The smallest absolute Gasteiger partial charge is 0.334 e. The Morgan fingerprint density at radius 2 is 1.89 bits per heavy atom. The van der Waals surface area contributed by atoms with Crippen LogP contribution in [0.5, 0.6) is 0 Å². The highest BCUT2D eigenvalue weighted by Gasteiger charge is 2.25. The summed E-state index contributed by atoms with van der Waals surface area (Å²) in [7, 11) is 0. The van der Waals surface area contributed by atoms with Gasteiger partial charge < -0.3 is 15.5 Å². The van der Waals surface area contributed by atoms with E-state index in [1.807, 2.05) is 12.1 Å². The molecule has 6 heteroatoms. The fraction of sp³-hybridized carbons (Fsp3) is 0.385. The molecule has 0 aliphatic heterocycles. The van der Waals surface area contributed by atoms with E-state index in [1.165, 1.54) is 0 Å². The Morgan fingerprint density at radius 3 is 2.37 bits per heavy atom. The van der Waals surface area contributed by atoms with Gasteiger partial charge in [0.1, 0.15) is 0 Å². The number of hydrogen-bond acceptors (Lipinski definition) is 3. The van der Waals surface area contributed by atoms with Crippen molar-refractivity contribution >= 4 is 27.8 Å². The molecule has 0 radical (unpaired) electrons. The van der Waals surface area contributed by atoms with Crippen LogP contribution in [-0.2, 0) is 16.0 Å². The Hall–Kier alpha value is -1.40. The number of amides is 1. The Balaban J connectivity index is 2.58. The molecule has 0 fully saturated rings. The molecule has 2 atom stereocenters. The summed E-state index contributed by atoms with van der Waals surface area (Å²) in [5.41, 5.74) is 0.820. The number of nitrogens with one attached hydrogen (secondary N) is 1. The summed E-state index contributed by atoms with van der Waals surface area (Å²) in [5, 5.41) is 20.7. The van der Waals surface area contributed by atoms with E-state index in [1.54, 1.807) is 19.1 Å². The molecular weight excluding hydrogens is 314 g/mol. The highest BCUT2D eigenvalue weighted by Crippen LogP contribution is 2.11. The second-order valence-electron chi connectivity index (χ2n) is 4.17. The molecule has 104 valence electrons. The molecule has 0 aliphatic rings. The standard InChI is InChI=1S/C13H16BrNO4/c1-2-10(12(17)13(18)19)15-11(16)7-8-3-5-9(14)6-4-8/h3-6,10,12,17H,2,7H2,1H3,(H,15,16)(H,18,19). The van der Waals surface area contributed by atoms with Crippen LogP contribution in [0.3, 0.4) is 0 Å². The van der Waals surface area contributed by atoms with Crippen molar-refractivity contribution in [3.63, 3.8) is 0 Å². The molecule has 0 saturated heterocycles. The van der Waals surface area contributed by atoms with E-state index >= 15 is 0 Å². The zero-order chi connectivity index (χ0) is 14.4. The highest BCUT2D eigenvalue weighted by atomic mass is 79.9. The minimum absolute atomic E-state index is 0.149. The zero-order valence-electron chi connectivity index (χ0n) is 10.5. The summed E-state index contributed by atoms with van der Waals surface area (Å²) in [5.74, 6) is -1.65. The molecule has 3 N–H and O–H groups in total. The number of carbonyl (C=O) groups excluding carboxylic acids is 1. The van der Waals surface area contributed by atoms with Crippen molar-refractivity contribution in [2.45, 2.75) is 31.9 Å². The Morgan fingerprint density at radius 1 is 1.32 bits per heavy atom. The second kappa shape index (κ2) is 7.25. The van der Waals surface area contributed by atoms with Gasteiger partial charge in [-0.3, -0.25) is 4.79 Å². The third kappa shape index (κ3) is 5.00. The predicted molar refractivity (Wildman–Crippen MR) is 73.7 cm³/mol. The summed E-state index contributed by atoms with van der Waals surface area (Å²) >= 11 is 3.30. The number of carbonyl (C=O) groups is 2. The van der Waals surface area contributed by atoms with Gasteiger partial charge in [-0.15, -0.1) is 0 Å². The molecule has 0 saturated carbocycles. The van der Waals surface area contributed by atoms with Gasteiger partial charge in [0.2, 0.25) is 5.91 Å². The minimum atomic E-state index is -1.58. The van der Waals surface area contributed by atoms with Crippen LogP contribution in [0.1, 0.15) is 18.9 Å². The molecule has 0 bridgehead atoms. The molecule has 1 amide bonds. The topological polar surface area (TPSA) is 86.6 Å². The summed E-state index contributed by atoms with van der Waals surface area (Å²) < 4.78 is 0.921. The summed E-state index contributed by atoms with van der Waals surface area (Å²) in [6.45, 7) is 1.71. The second-order valence-corrected chi connectivity index (χ2v) is 5.08.